The van der Waals surface area contributed by atoms with E-state index in [4.69, 9.17) is 43.6 Å². The zero-order valence-corrected chi connectivity index (χ0v) is 44.1. The second kappa shape index (κ2) is 23.9. The quantitative estimate of drug-likeness (QED) is 0.0568. The molecule has 4 atom stereocenters. The molecule has 10 rings (SSSR count). The van der Waals surface area contributed by atoms with Crippen LogP contribution in [-0.4, -0.2) is 77.6 Å². The first-order valence-electron chi connectivity index (χ1n) is 25.3. The minimum absolute atomic E-state index is 0. The molecule has 0 spiro atoms. The summed E-state index contributed by atoms with van der Waals surface area (Å²) < 4.78 is 5.27. The maximum absolute atomic E-state index is 13.0. The van der Waals surface area contributed by atoms with Crippen LogP contribution in [0.1, 0.15) is 112 Å². The summed E-state index contributed by atoms with van der Waals surface area (Å²) in [6.07, 6.45) is 10.0. The molecule has 0 radical (unpaired) electrons. The number of hydrogen-bond donors (Lipinski definition) is 8. The number of halogens is 2. The van der Waals surface area contributed by atoms with Gasteiger partial charge >= 0.3 is 6.09 Å². The van der Waals surface area contributed by atoms with Gasteiger partial charge in [0.25, 0.3) is 11.8 Å². The molecule has 0 aliphatic heterocycles. The summed E-state index contributed by atoms with van der Waals surface area (Å²) in [6.45, 7) is 9.45. The Morgan fingerprint density at radius 1 is 0.618 bits per heavy atom. The molecule has 3 amide bonds. The van der Waals surface area contributed by atoms with E-state index in [9.17, 15) is 14.4 Å². The van der Waals surface area contributed by atoms with Crippen molar-refractivity contribution < 1.29 is 19.1 Å². The molecule has 0 saturated heterocycles. The molecule has 2 fully saturated rings. The number of aromatic amines is 2. The zero-order valence-electron chi connectivity index (χ0n) is 42.6. The van der Waals surface area contributed by atoms with Crippen LogP contribution in [0.25, 0.3) is 44.3 Å². The van der Waals surface area contributed by atoms with Gasteiger partial charge in [0.1, 0.15) is 5.60 Å². The second-order valence-electron chi connectivity index (χ2n) is 20.3. The number of nitrogen functional groups attached to an aromatic ring is 1. The summed E-state index contributed by atoms with van der Waals surface area (Å²) in [4.78, 5) is 62.9. The lowest BCUT2D eigenvalue weighted by atomic mass is 9.91. The standard InChI is InChI=1S/C31H35ClN6O3.C26H27ClN6O.CH4/c1-18-26(23-10-5-6-11-25(23)34-18)27-24(32)17-33-29(38-27)36-22-9-7-8-21(16-22)35-28(39)19-12-14-20(15-13-19)37-30(40)41-31(2,3)4;1-15-23(20-7-2-3-8-22(20)30-15)24-21(27)14-29-26(33-24)32-19-6-4-5-18(13-19)31-25(34)16-9-11-17(28)12-10-16;/h5-6,10-15,17,21-22,34H,7-9,16H2,1-4H3,(H,35,39)(H,37,40)(H,33,36,38);2-3,7-12,14,18-19,30H,4-6,13,28H2,1H3,(H,31,34)(H,29,32,33);1H4/t21-,22+;18-,19+;/m00./s1. The molecule has 18 heteroatoms. The summed E-state index contributed by atoms with van der Waals surface area (Å²) in [5.74, 6) is 0.823. The fourth-order valence-electron chi connectivity index (χ4n) is 9.96. The van der Waals surface area contributed by atoms with Crippen molar-refractivity contribution >= 4 is 86.2 Å². The average Bonchev–Trinajstić information content (AvgIpc) is 3.92. The van der Waals surface area contributed by atoms with Gasteiger partial charge < -0.3 is 41.7 Å². The predicted molar refractivity (Wildman–Crippen MR) is 306 cm³/mol. The van der Waals surface area contributed by atoms with E-state index in [0.29, 0.717) is 55.8 Å². The first-order chi connectivity index (χ1) is 36.0. The molecule has 76 heavy (non-hydrogen) atoms. The maximum Gasteiger partial charge on any atom is 0.412 e. The predicted octanol–water partition coefficient (Wildman–Crippen LogP) is 13.0. The normalized spacial score (nSPS) is 17.4. The van der Waals surface area contributed by atoms with E-state index in [1.54, 1.807) is 81.7 Å². The van der Waals surface area contributed by atoms with Gasteiger partial charge in [0.2, 0.25) is 11.9 Å². The van der Waals surface area contributed by atoms with Crippen molar-refractivity contribution in [1.29, 1.82) is 0 Å². The highest BCUT2D eigenvalue weighted by atomic mass is 35.5. The third-order valence-electron chi connectivity index (χ3n) is 13.4. The van der Waals surface area contributed by atoms with Gasteiger partial charge in [-0.1, -0.05) is 67.0 Å². The number of carbonyl (C=O) groups is 3. The summed E-state index contributed by atoms with van der Waals surface area (Å²) in [5, 5.41) is 19.1. The number of benzene rings is 4. The van der Waals surface area contributed by atoms with Gasteiger partial charge in [-0.2, -0.15) is 0 Å². The van der Waals surface area contributed by atoms with Gasteiger partial charge in [0, 0.05) is 91.0 Å². The zero-order chi connectivity index (χ0) is 52.8. The lowest BCUT2D eigenvalue weighted by Gasteiger charge is -2.30. The number of aromatic nitrogens is 6. The summed E-state index contributed by atoms with van der Waals surface area (Å²) in [7, 11) is 0. The van der Waals surface area contributed by atoms with Crippen LogP contribution in [0.3, 0.4) is 0 Å². The Balaban J connectivity index is 0.000000202. The van der Waals surface area contributed by atoms with Crippen molar-refractivity contribution in [1.82, 2.24) is 40.5 Å². The fourth-order valence-corrected chi connectivity index (χ4v) is 10.3. The molecule has 16 nitrogen and oxygen atoms in total. The number of ether oxygens (including phenoxy) is 1. The van der Waals surface area contributed by atoms with Gasteiger partial charge in [-0.3, -0.25) is 14.9 Å². The molecular weight excluding hydrogens is 1000 g/mol. The largest absolute Gasteiger partial charge is 0.444 e. The van der Waals surface area contributed by atoms with Crippen molar-refractivity contribution in [2.75, 3.05) is 21.7 Å². The Morgan fingerprint density at radius 2 is 1.04 bits per heavy atom. The molecule has 0 bridgehead atoms. The summed E-state index contributed by atoms with van der Waals surface area (Å²) in [5.41, 5.74) is 14.9. The van der Waals surface area contributed by atoms with Crippen molar-refractivity contribution in [3.63, 3.8) is 0 Å². The topological polar surface area (TPSA) is 230 Å². The van der Waals surface area contributed by atoms with Crippen molar-refractivity contribution in [3.8, 4) is 22.5 Å². The molecular formula is C58H66Cl2N12O4. The van der Waals surface area contributed by atoms with Crippen LogP contribution in [0.5, 0.6) is 0 Å². The number of H-pyrrole nitrogens is 2. The van der Waals surface area contributed by atoms with Crippen LogP contribution in [0.4, 0.5) is 28.1 Å². The molecule has 2 aliphatic rings. The molecule has 396 valence electrons. The van der Waals surface area contributed by atoms with Crippen molar-refractivity contribution in [2.45, 2.75) is 123 Å². The molecule has 4 aromatic carbocycles. The molecule has 9 N–H and O–H groups in total. The summed E-state index contributed by atoms with van der Waals surface area (Å²) in [6, 6.07) is 30.3. The molecule has 2 aliphatic carbocycles. The van der Waals surface area contributed by atoms with E-state index in [1.807, 2.05) is 50.2 Å². The van der Waals surface area contributed by atoms with E-state index < -0.39 is 11.7 Å². The van der Waals surface area contributed by atoms with Gasteiger partial charge in [-0.25, -0.2) is 24.7 Å². The van der Waals surface area contributed by atoms with Crippen molar-refractivity contribution in [2.24, 2.45) is 0 Å². The Hall–Kier alpha value is -7.69. The van der Waals surface area contributed by atoms with E-state index in [1.165, 1.54) is 0 Å². The van der Waals surface area contributed by atoms with E-state index in [0.717, 1.165) is 95.7 Å². The number of amides is 3. The number of aryl methyl sites for hydroxylation is 2. The lowest BCUT2D eigenvalue weighted by Crippen LogP contribution is -2.42. The second-order valence-corrected chi connectivity index (χ2v) is 21.1. The molecule has 8 aromatic rings. The van der Waals surface area contributed by atoms with Crippen LogP contribution in [0, 0.1) is 13.8 Å². The van der Waals surface area contributed by atoms with Gasteiger partial charge in [-0.15, -0.1) is 0 Å². The highest BCUT2D eigenvalue weighted by Gasteiger charge is 2.27. The molecule has 4 aromatic heterocycles. The SMILES string of the molecule is C.Cc1[nH]c2ccccc2c1-c1nc(N[C@@H]2CCC[C@H](NC(=O)c3ccc(N)cc3)C2)ncc1Cl.Cc1[nH]c2ccccc2c1-c1nc(N[C@@H]2CCC[C@H](NC(=O)c3ccc(NC(=O)OC(C)(C)C)cc3)C2)ncc1Cl. The van der Waals surface area contributed by atoms with Crippen molar-refractivity contribution in [3.05, 3.63) is 142 Å². The van der Waals surface area contributed by atoms with E-state index in [-0.39, 0.29) is 43.4 Å². The fraction of sp³-hybridized carbons (Fsp3) is 0.328. The third-order valence-corrected chi connectivity index (χ3v) is 14.0. The first-order valence-corrected chi connectivity index (χ1v) is 26.1. The minimum atomic E-state index is -0.588. The highest BCUT2D eigenvalue weighted by molar-refractivity contribution is 6.34. The summed E-state index contributed by atoms with van der Waals surface area (Å²) >= 11 is 13.1. The lowest BCUT2D eigenvalue weighted by molar-refractivity contribution is 0.0635. The number of anilines is 4. The number of para-hydroxylation sites is 2. The van der Waals surface area contributed by atoms with E-state index in [2.05, 4.69) is 58.7 Å². The van der Waals surface area contributed by atoms with Crippen LogP contribution in [0.15, 0.2) is 109 Å². The van der Waals surface area contributed by atoms with Crippen LogP contribution in [-0.2, 0) is 4.74 Å². The van der Waals surface area contributed by atoms with Crippen LogP contribution < -0.4 is 32.3 Å². The number of carbonyl (C=O) groups excluding carboxylic acids is 3. The Labute approximate surface area is 453 Å². The van der Waals surface area contributed by atoms with Crippen LogP contribution in [0.2, 0.25) is 10.0 Å². The molecule has 4 heterocycles. The molecule has 0 unspecified atom stereocenters. The number of nitrogens with one attached hydrogen (secondary N) is 7. The third kappa shape index (κ3) is 13.4. The Bertz CT molecular complexity index is 3340. The minimum Gasteiger partial charge on any atom is -0.444 e. The first kappa shape index (κ1) is 54.6. The van der Waals surface area contributed by atoms with Gasteiger partial charge in [-0.05, 0) is 147 Å². The number of hydrogen-bond acceptors (Lipinski definition) is 11. The van der Waals surface area contributed by atoms with E-state index >= 15 is 0 Å². The highest BCUT2D eigenvalue weighted by Crippen LogP contribution is 2.37. The Morgan fingerprint density at radius 3 is 1.49 bits per heavy atom. The number of nitrogens with zero attached hydrogens (tertiary/aromatic N) is 4. The van der Waals surface area contributed by atoms with Gasteiger partial charge in [0.15, 0.2) is 0 Å². The maximum atomic E-state index is 13.0. The molecule has 2 saturated carbocycles. The Kier molecular flexibility index (Phi) is 17.2. The smallest absolute Gasteiger partial charge is 0.412 e. The average molecular weight is 1070 g/mol. The number of rotatable bonds is 11. The monoisotopic (exact) mass is 1060 g/mol. The number of nitrogens with two attached hydrogens (primary N) is 1. The van der Waals surface area contributed by atoms with Crippen LogP contribution >= 0.6 is 23.2 Å². The van der Waals surface area contributed by atoms with Gasteiger partial charge in [0.05, 0.1) is 33.8 Å². The number of fused-ring (bicyclic) bond motifs is 2.